The number of ether oxygens (including phenoxy) is 2. The Hall–Kier alpha value is -3.56. The molecule has 0 saturated carbocycles. The van der Waals surface area contributed by atoms with Crippen LogP contribution >= 0.6 is 0 Å². The van der Waals surface area contributed by atoms with Gasteiger partial charge in [-0.15, -0.1) is 0 Å². The van der Waals surface area contributed by atoms with Gasteiger partial charge in [0, 0.05) is 30.5 Å². The second-order valence-corrected chi connectivity index (χ2v) is 5.24. The van der Waals surface area contributed by atoms with Crippen molar-refractivity contribution in [3.63, 3.8) is 0 Å². The lowest BCUT2D eigenvalue weighted by Gasteiger charge is -2.13. The predicted molar refractivity (Wildman–Crippen MR) is 91.2 cm³/mol. The summed E-state index contributed by atoms with van der Waals surface area (Å²) in [6, 6.07) is 4.75. The maximum absolute atomic E-state index is 13.8. The lowest BCUT2D eigenvalue weighted by molar-refractivity contribution is 0.251. The van der Waals surface area contributed by atoms with E-state index in [1.807, 2.05) is 0 Å². The molecule has 0 aliphatic carbocycles. The SMILES string of the molecule is COc1cc(OC)c(NC(=O)NCc2cc(=O)n3[nH]ccc3n2)cc1F. The molecule has 0 radical (unpaired) electrons. The van der Waals surface area contributed by atoms with E-state index in [2.05, 4.69) is 20.7 Å². The molecule has 1 aromatic carbocycles. The molecule has 0 aliphatic heterocycles. The fraction of sp³-hybridized carbons (Fsp3) is 0.188. The van der Waals surface area contributed by atoms with Crippen molar-refractivity contribution in [2.75, 3.05) is 19.5 Å². The van der Waals surface area contributed by atoms with E-state index in [0.29, 0.717) is 11.3 Å². The van der Waals surface area contributed by atoms with Crippen LogP contribution in [0.4, 0.5) is 14.9 Å². The van der Waals surface area contributed by atoms with Crippen LogP contribution in [-0.4, -0.2) is 34.8 Å². The van der Waals surface area contributed by atoms with Gasteiger partial charge < -0.3 is 20.1 Å². The highest BCUT2D eigenvalue weighted by Gasteiger charge is 2.13. The minimum absolute atomic E-state index is 0.00251. The van der Waals surface area contributed by atoms with Crippen molar-refractivity contribution in [2.45, 2.75) is 6.54 Å². The zero-order valence-corrected chi connectivity index (χ0v) is 14.0. The number of carbonyl (C=O) groups excluding carboxylic acids is 1. The number of aromatic nitrogens is 3. The summed E-state index contributed by atoms with van der Waals surface area (Å²) >= 11 is 0. The summed E-state index contributed by atoms with van der Waals surface area (Å²) in [6.45, 7) is 0.0176. The molecule has 3 rings (SSSR count). The second kappa shape index (κ2) is 7.13. The van der Waals surface area contributed by atoms with Gasteiger partial charge in [0.2, 0.25) is 0 Å². The van der Waals surface area contributed by atoms with Crippen molar-refractivity contribution in [3.8, 4) is 11.5 Å². The summed E-state index contributed by atoms with van der Waals surface area (Å²) in [5.74, 6) is -0.406. The van der Waals surface area contributed by atoms with E-state index in [9.17, 15) is 14.0 Å². The van der Waals surface area contributed by atoms with Crippen LogP contribution in [0.3, 0.4) is 0 Å². The molecule has 0 bridgehead atoms. The molecule has 2 amide bonds. The van der Waals surface area contributed by atoms with E-state index in [0.717, 1.165) is 6.07 Å². The first-order valence-corrected chi connectivity index (χ1v) is 7.54. The zero-order valence-electron chi connectivity index (χ0n) is 14.0. The van der Waals surface area contributed by atoms with Crippen LogP contribution in [0.5, 0.6) is 11.5 Å². The number of benzene rings is 1. The van der Waals surface area contributed by atoms with Crippen molar-refractivity contribution >= 4 is 17.4 Å². The van der Waals surface area contributed by atoms with Crippen molar-refractivity contribution in [1.82, 2.24) is 19.9 Å². The Labute approximate surface area is 146 Å². The molecule has 0 fully saturated rings. The molecule has 0 unspecified atom stereocenters. The molecule has 3 N–H and O–H groups in total. The number of anilines is 1. The van der Waals surface area contributed by atoms with Crippen LogP contribution in [0, 0.1) is 5.82 Å². The van der Waals surface area contributed by atoms with Crippen LogP contribution in [0.25, 0.3) is 5.65 Å². The third kappa shape index (κ3) is 3.43. The molecule has 2 heterocycles. The Kier molecular flexibility index (Phi) is 4.74. The minimum Gasteiger partial charge on any atom is -0.494 e. The molecular weight excluding hydrogens is 345 g/mol. The number of rotatable bonds is 5. The number of H-pyrrole nitrogens is 1. The summed E-state index contributed by atoms with van der Waals surface area (Å²) in [5, 5.41) is 7.76. The van der Waals surface area contributed by atoms with E-state index in [1.54, 1.807) is 12.3 Å². The maximum Gasteiger partial charge on any atom is 0.319 e. The number of methoxy groups -OCH3 is 2. The number of fused-ring (bicyclic) bond motifs is 1. The van der Waals surface area contributed by atoms with E-state index in [1.165, 1.54) is 30.9 Å². The van der Waals surface area contributed by atoms with Crippen molar-refractivity contribution in [2.24, 2.45) is 0 Å². The quantitative estimate of drug-likeness (QED) is 0.638. The minimum atomic E-state index is -0.642. The summed E-state index contributed by atoms with van der Waals surface area (Å²) < 4.78 is 25.1. The molecule has 0 aliphatic rings. The maximum atomic E-state index is 13.8. The molecule has 26 heavy (non-hydrogen) atoms. The van der Waals surface area contributed by atoms with Gasteiger partial charge >= 0.3 is 6.03 Å². The van der Waals surface area contributed by atoms with Gasteiger partial charge in [-0.25, -0.2) is 18.7 Å². The molecular formula is C16H16FN5O4. The Bertz CT molecular complexity index is 1010. The van der Waals surface area contributed by atoms with Crippen molar-refractivity contribution in [1.29, 1.82) is 0 Å². The van der Waals surface area contributed by atoms with Gasteiger partial charge in [0.15, 0.2) is 17.2 Å². The van der Waals surface area contributed by atoms with E-state index in [-0.39, 0.29) is 29.3 Å². The number of hydrogen-bond donors (Lipinski definition) is 3. The van der Waals surface area contributed by atoms with Crippen LogP contribution in [0.15, 0.2) is 35.3 Å². The smallest absolute Gasteiger partial charge is 0.319 e. The Morgan fingerprint density at radius 3 is 2.77 bits per heavy atom. The standard InChI is InChI=1S/C16H16FN5O4/c1-25-12-7-13(26-2)11(6-10(12)17)21-16(24)18-8-9-5-15(23)22-14(20-9)3-4-19-22/h3-7,19H,8H2,1-2H3,(H2,18,21,24). The van der Waals surface area contributed by atoms with Gasteiger partial charge in [0.1, 0.15) is 5.75 Å². The Morgan fingerprint density at radius 2 is 2.04 bits per heavy atom. The van der Waals surface area contributed by atoms with E-state index >= 15 is 0 Å². The predicted octanol–water partition coefficient (Wildman–Crippen LogP) is 1.50. The second-order valence-electron chi connectivity index (χ2n) is 5.24. The van der Waals surface area contributed by atoms with Crippen LogP contribution in [0.1, 0.15) is 5.69 Å². The molecule has 136 valence electrons. The van der Waals surface area contributed by atoms with Crippen molar-refractivity contribution in [3.05, 3.63) is 52.3 Å². The highest BCUT2D eigenvalue weighted by Crippen LogP contribution is 2.31. The first kappa shape index (κ1) is 17.3. The van der Waals surface area contributed by atoms with Gasteiger partial charge in [0.25, 0.3) is 5.56 Å². The summed E-state index contributed by atoms with van der Waals surface area (Å²) in [7, 11) is 2.72. The molecule has 0 saturated heterocycles. The van der Waals surface area contributed by atoms with Crippen molar-refractivity contribution < 1.29 is 18.7 Å². The Balaban J connectivity index is 1.70. The van der Waals surface area contributed by atoms with E-state index in [4.69, 9.17) is 9.47 Å². The summed E-state index contributed by atoms with van der Waals surface area (Å²) in [6.07, 6.45) is 1.58. The average Bonchev–Trinajstić information content (AvgIpc) is 3.09. The first-order chi connectivity index (χ1) is 12.5. The average molecular weight is 361 g/mol. The lowest BCUT2D eigenvalue weighted by Crippen LogP contribution is -2.29. The highest BCUT2D eigenvalue weighted by atomic mass is 19.1. The van der Waals surface area contributed by atoms with Crippen LogP contribution in [-0.2, 0) is 6.54 Å². The summed E-state index contributed by atoms with van der Waals surface area (Å²) in [5.41, 5.74) is 0.666. The third-order valence-electron chi connectivity index (χ3n) is 3.59. The Morgan fingerprint density at radius 1 is 1.27 bits per heavy atom. The third-order valence-corrected chi connectivity index (χ3v) is 3.59. The van der Waals surface area contributed by atoms with Crippen LogP contribution < -0.4 is 25.7 Å². The molecule has 9 nitrogen and oxygen atoms in total. The molecule has 0 atom stereocenters. The van der Waals surface area contributed by atoms with E-state index < -0.39 is 11.8 Å². The number of halogens is 1. The number of carbonyl (C=O) groups is 1. The number of nitrogens with zero attached hydrogens (tertiary/aromatic N) is 2. The zero-order chi connectivity index (χ0) is 18.7. The number of amides is 2. The fourth-order valence-corrected chi connectivity index (χ4v) is 2.36. The van der Waals surface area contributed by atoms with Gasteiger partial charge in [-0.2, -0.15) is 0 Å². The monoisotopic (exact) mass is 361 g/mol. The topological polar surface area (TPSA) is 110 Å². The fourth-order valence-electron chi connectivity index (χ4n) is 2.36. The number of aromatic amines is 1. The molecule has 3 aromatic rings. The number of urea groups is 1. The lowest BCUT2D eigenvalue weighted by atomic mass is 10.2. The van der Waals surface area contributed by atoms with Gasteiger partial charge in [0.05, 0.1) is 32.1 Å². The molecule has 0 spiro atoms. The van der Waals surface area contributed by atoms with Crippen LogP contribution in [0.2, 0.25) is 0 Å². The number of nitrogens with one attached hydrogen (secondary N) is 3. The largest absolute Gasteiger partial charge is 0.494 e. The summed E-state index contributed by atoms with van der Waals surface area (Å²) in [4.78, 5) is 28.2. The molecule has 10 heteroatoms. The normalized spacial score (nSPS) is 10.6. The van der Waals surface area contributed by atoms with Gasteiger partial charge in [-0.1, -0.05) is 0 Å². The van der Waals surface area contributed by atoms with Gasteiger partial charge in [-0.05, 0) is 0 Å². The first-order valence-electron chi connectivity index (χ1n) is 7.54. The van der Waals surface area contributed by atoms with Gasteiger partial charge in [-0.3, -0.25) is 9.89 Å². The number of hydrogen-bond acceptors (Lipinski definition) is 5. The highest BCUT2D eigenvalue weighted by molar-refractivity contribution is 5.91. The molecule has 2 aromatic heterocycles.